The fourth-order valence-corrected chi connectivity index (χ4v) is 1.38. The maximum Gasteiger partial charge on any atom is 0.344 e. The van der Waals surface area contributed by atoms with Crippen LogP contribution < -0.4 is 18.9 Å². The van der Waals surface area contributed by atoms with Crippen molar-refractivity contribution in [3.63, 3.8) is 0 Å². The molecule has 0 fully saturated rings. The molecule has 0 amide bonds. The average Bonchev–Trinajstić information content (AvgIpc) is 2.37. The number of rotatable bonds is 6. The molecule has 1 N–H and O–H groups in total. The monoisotopic (exact) mass is 256 g/mol. The zero-order valence-corrected chi connectivity index (χ0v) is 10.7. The highest BCUT2D eigenvalue weighted by molar-refractivity contribution is 5.72. The Morgan fingerprint density at radius 2 is 1.61 bits per heavy atom. The molecule has 0 saturated heterocycles. The van der Waals surface area contributed by atoms with Crippen LogP contribution in [0.3, 0.4) is 0 Å². The molecular weight excluding hydrogens is 240 g/mol. The van der Waals surface area contributed by atoms with E-state index in [2.05, 4.69) is 0 Å². The Kier molecular flexibility index (Phi) is 4.65. The van der Waals surface area contributed by atoms with Crippen LogP contribution in [0.25, 0.3) is 0 Å². The molecular formula is C12H16O6. The van der Waals surface area contributed by atoms with Crippen molar-refractivity contribution < 1.29 is 28.8 Å². The van der Waals surface area contributed by atoms with Crippen molar-refractivity contribution in [2.75, 3.05) is 21.3 Å². The lowest BCUT2D eigenvalue weighted by Gasteiger charge is -2.16. The molecule has 6 heteroatoms. The molecule has 0 radical (unpaired) electrons. The third-order valence-electron chi connectivity index (χ3n) is 2.30. The summed E-state index contributed by atoms with van der Waals surface area (Å²) < 4.78 is 20.6. The molecule has 0 aliphatic heterocycles. The quantitative estimate of drug-likeness (QED) is 0.832. The molecule has 1 atom stereocenters. The van der Waals surface area contributed by atoms with E-state index in [-0.39, 0.29) is 0 Å². The van der Waals surface area contributed by atoms with Crippen molar-refractivity contribution in [2.24, 2.45) is 0 Å². The van der Waals surface area contributed by atoms with Gasteiger partial charge in [0.25, 0.3) is 0 Å². The number of benzene rings is 1. The number of methoxy groups -OCH3 is 3. The smallest absolute Gasteiger partial charge is 0.344 e. The highest BCUT2D eigenvalue weighted by Crippen LogP contribution is 2.40. The summed E-state index contributed by atoms with van der Waals surface area (Å²) in [4.78, 5) is 10.7. The Balaban J connectivity index is 3.11. The van der Waals surface area contributed by atoms with E-state index >= 15 is 0 Å². The lowest BCUT2D eigenvalue weighted by atomic mass is 10.2. The van der Waals surface area contributed by atoms with Gasteiger partial charge in [0.05, 0.1) is 21.3 Å². The van der Waals surface area contributed by atoms with Gasteiger partial charge in [-0.15, -0.1) is 0 Å². The Labute approximate surface area is 105 Å². The van der Waals surface area contributed by atoms with Gasteiger partial charge in [-0.05, 0) is 6.92 Å². The van der Waals surface area contributed by atoms with Gasteiger partial charge in [-0.3, -0.25) is 0 Å². The standard InChI is InChI=1S/C12H16O6/c1-7(12(13)14)18-8-5-9(15-2)11(17-4)10(6-8)16-3/h5-7H,1-4H3,(H,13,14). The first-order chi connectivity index (χ1) is 8.53. The topological polar surface area (TPSA) is 74.2 Å². The number of carboxylic acids is 1. The maximum atomic E-state index is 10.7. The minimum atomic E-state index is -1.05. The second kappa shape index (κ2) is 6.00. The van der Waals surface area contributed by atoms with Crippen molar-refractivity contribution >= 4 is 5.97 Å². The fraction of sp³-hybridized carbons (Fsp3) is 0.417. The lowest BCUT2D eigenvalue weighted by Crippen LogP contribution is -2.22. The Bertz CT molecular complexity index is 404. The first kappa shape index (κ1) is 14.0. The van der Waals surface area contributed by atoms with Gasteiger partial charge < -0.3 is 24.1 Å². The van der Waals surface area contributed by atoms with E-state index in [1.165, 1.54) is 28.3 Å². The largest absolute Gasteiger partial charge is 0.493 e. The van der Waals surface area contributed by atoms with Crippen LogP contribution in [0.15, 0.2) is 12.1 Å². The van der Waals surface area contributed by atoms with Crippen LogP contribution in [0.2, 0.25) is 0 Å². The molecule has 1 aromatic carbocycles. The van der Waals surface area contributed by atoms with Gasteiger partial charge in [0.15, 0.2) is 17.6 Å². The highest BCUT2D eigenvalue weighted by Gasteiger charge is 2.17. The number of carbonyl (C=O) groups is 1. The van der Waals surface area contributed by atoms with Crippen LogP contribution in [0.5, 0.6) is 23.0 Å². The van der Waals surface area contributed by atoms with E-state index in [0.29, 0.717) is 23.0 Å². The predicted octanol–water partition coefficient (Wildman–Crippen LogP) is 1.56. The Morgan fingerprint density at radius 1 is 1.11 bits per heavy atom. The predicted molar refractivity (Wildman–Crippen MR) is 63.8 cm³/mol. The normalized spacial score (nSPS) is 11.6. The van der Waals surface area contributed by atoms with Crippen LogP contribution in [-0.2, 0) is 4.79 Å². The third-order valence-corrected chi connectivity index (χ3v) is 2.30. The number of hydrogen-bond donors (Lipinski definition) is 1. The Morgan fingerprint density at radius 3 is 1.94 bits per heavy atom. The summed E-state index contributed by atoms with van der Waals surface area (Å²) in [6.45, 7) is 1.44. The van der Waals surface area contributed by atoms with Crippen LogP contribution in [-0.4, -0.2) is 38.5 Å². The molecule has 6 nitrogen and oxygen atoms in total. The number of aliphatic carboxylic acids is 1. The van der Waals surface area contributed by atoms with Crippen LogP contribution >= 0.6 is 0 Å². The molecule has 0 spiro atoms. The summed E-state index contributed by atoms with van der Waals surface area (Å²) in [5.41, 5.74) is 0. The zero-order chi connectivity index (χ0) is 13.7. The molecule has 18 heavy (non-hydrogen) atoms. The van der Waals surface area contributed by atoms with Crippen molar-refractivity contribution in [1.82, 2.24) is 0 Å². The summed E-state index contributed by atoms with van der Waals surface area (Å²) >= 11 is 0. The minimum Gasteiger partial charge on any atom is -0.493 e. The zero-order valence-electron chi connectivity index (χ0n) is 10.7. The van der Waals surface area contributed by atoms with Crippen LogP contribution in [0, 0.1) is 0 Å². The second-order valence-corrected chi connectivity index (χ2v) is 3.46. The Hall–Kier alpha value is -2.11. The second-order valence-electron chi connectivity index (χ2n) is 3.46. The maximum absolute atomic E-state index is 10.7. The van der Waals surface area contributed by atoms with Crippen molar-refractivity contribution in [3.8, 4) is 23.0 Å². The first-order valence-electron chi connectivity index (χ1n) is 5.23. The summed E-state index contributed by atoms with van der Waals surface area (Å²) in [7, 11) is 4.43. The van der Waals surface area contributed by atoms with Crippen molar-refractivity contribution in [3.05, 3.63) is 12.1 Å². The van der Waals surface area contributed by atoms with E-state index < -0.39 is 12.1 Å². The number of carboxylic acid groups (broad SMARTS) is 1. The first-order valence-corrected chi connectivity index (χ1v) is 5.23. The lowest BCUT2D eigenvalue weighted by molar-refractivity contribution is -0.144. The summed E-state index contributed by atoms with van der Waals surface area (Å²) in [6, 6.07) is 3.08. The summed E-state index contributed by atoms with van der Waals surface area (Å²) in [6.07, 6.45) is -0.965. The van der Waals surface area contributed by atoms with Gasteiger partial charge in [-0.1, -0.05) is 0 Å². The van der Waals surface area contributed by atoms with E-state index in [1.807, 2.05) is 0 Å². The van der Waals surface area contributed by atoms with Gasteiger partial charge >= 0.3 is 5.97 Å². The number of ether oxygens (including phenoxy) is 4. The van der Waals surface area contributed by atoms with Gasteiger partial charge in [-0.2, -0.15) is 0 Å². The molecule has 1 rings (SSSR count). The van der Waals surface area contributed by atoms with Gasteiger partial charge in [0, 0.05) is 12.1 Å². The molecule has 0 aliphatic rings. The molecule has 0 saturated carbocycles. The molecule has 0 aromatic heterocycles. The van der Waals surface area contributed by atoms with Crippen LogP contribution in [0.4, 0.5) is 0 Å². The number of hydrogen-bond acceptors (Lipinski definition) is 5. The van der Waals surface area contributed by atoms with Crippen molar-refractivity contribution in [1.29, 1.82) is 0 Å². The summed E-state index contributed by atoms with van der Waals surface area (Å²) in [5.74, 6) is 0.521. The van der Waals surface area contributed by atoms with E-state index in [9.17, 15) is 4.79 Å². The van der Waals surface area contributed by atoms with E-state index in [1.54, 1.807) is 12.1 Å². The minimum absolute atomic E-state index is 0.333. The average molecular weight is 256 g/mol. The molecule has 0 bridgehead atoms. The highest BCUT2D eigenvalue weighted by atomic mass is 16.5. The molecule has 1 aromatic rings. The van der Waals surface area contributed by atoms with Crippen molar-refractivity contribution in [2.45, 2.75) is 13.0 Å². The SMILES string of the molecule is COc1cc(OC(C)C(=O)O)cc(OC)c1OC. The van der Waals surface area contributed by atoms with Crippen LogP contribution in [0.1, 0.15) is 6.92 Å². The third kappa shape index (κ3) is 2.97. The summed E-state index contributed by atoms with van der Waals surface area (Å²) in [5, 5.41) is 8.78. The molecule has 0 aliphatic carbocycles. The molecule has 0 heterocycles. The molecule has 1 unspecified atom stereocenters. The van der Waals surface area contributed by atoms with Gasteiger partial charge in [-0.25, -0.2) is 4.79 Å². The van der Waals surface area contributed by atoms with Gasteiger partial charge in [0.1, 0.15) is 5.75 Å². The fourth-order valence-electron chi connectivity index (χ4n) is 1.38. The van der Waals surface area contributed by atoms with E-state index in [0.717, 1.165) is 0 Å². The van der Waals surface area contributed by atoms with Gasteiger partial charge in [0.2, 0.25) is 5.75 Å². The van der Waals surface area contributed by atoms with E-state index in [4.69, 9.17) is 24.1 Å². The molecule has 100 valence electrons.